The molecule has 2 amide bonds. The summed E-state index contributed by atoms with van der Waals surface area (Å²) < 4.78 is 10.3. The maximum atomic E-state index is 12.3. The van der Waals surface area contributed by atoms with Gasteiger partial charge in [-0.15, -0.1) is 0 Å². The number of nitrogens with zero attached hydrogens (tertiary/aromatic N) is 1. The zero-order chi connectivity index (χ0) is 23.6. The Morgan fingerprint density at radius 1 is 1.03 bits per heavy atom. The molecule has 0 spiro atoms. The number of carbonyl (C=O) groups excluding carboxylic acids is 4. The van der Waals surface area contributed by atoms with Crippen LogP contribution in [0, 0.1) is 5.92 Å². The number of ether oxygens (including phenoxy) is 2. The van der Waals surface area contributed by atoms with Crippen LogP contribution in [0.25, 0.3) is 0 Å². The van der Waals surface area contributed by atoms with Crippen LogP contribution in [0.1, 0.15) is 42.1 Å². The van der Waals surface area contributed by atoms with E-state index in [4.69, 9.17) is 9.47 Å². The van der Waals surface area contributed by atoms with Gasteiger partial charge in [-0.1, -0.05) is 43.7 Å². The van der Waals surface area contributed by atoms with Crippen LogP contribution in [0.3, 0.4) is 0 Å². The SMILES string of the molecule is CCCCOC(=O)c1ccc(NC(=O)COC(=O)[C@@H]2CC(=O)N(Cc3ccccc3)C2)cc1. The molecule has 2 aromatic rings. The summed E-state index contributed by atoms with van der Waals surface area (Å²) in [6.45, 7) is 2.63. The van der Waals surface area contributed by atoms with Crippen molar-refractivity contribution in [3.63, 3.8) is 0 Å². The van der Waals surface area contributed by atoms with Gasteiger partial charge >= 0.3 is 11.9 Å². The smallest absolute Gasteiger partial charge is 0.338 e. The lowest BCUT2D eigenvalue weighted by molar-refractivity contribution is -0.151. The first-order valence-electron chi connectivity index (χ1n) is 11.0. The molecule has 0 unspecified atom stereocenters. The molecule has 0 bridgehead atoms. The second-order valence-electron chi connectivity index (χ2n) is 7.88. The van der Waals surface area contributed by atoms with Gasteiger partial charge in [-0.05, 0) is 36.2 Å². The molecule has 0 aliphatic carbocycles. The van der Waals surface area contributed by atoms with E-state index in [0.29, 0.717) is 24.4 Å². The van der Waals surface area contributed by atoms with Crippen molar-refractivity contribution in [2.45, 2.75) is 32.7 Å². The van der Waals surface area contributed by atoms with Crippen molar-refractivity contribution in [3.05, 3.63) is 65.7 Å². The number of anilines is 1. The van der Waals surface area contributed by atoms with Crippen LogP contribution in [0.2, 0.25) is 0 Å². The average Bonchev–Trinajstić information content (AvgIpc) is 3.19. The fourth-order valence-electron chi connectivity index (χ4n) is 3.42. The highest BCUT2D eigenvalue weighted by Gasteiger charge is 2.35. The fraction of sp³-hybridized carbons (Fsp3) is 0.360. The van der Waals surface area contributed by atoms with E-state index in [-0.39, 0.29) is 18.9 Å². The van der Waals surface area contributed by atoms with E-state index in [0.717, 1.165) is 18.4 Å². The van der Waals surface area contributed by atoms with E-state index in [2.05, 4.69) is 5.32 Å². The normalized spacial score (nSPS) is 15.2. The minimum absolute atomic E-state index is 0.0725. The molecule has 1 N–H and O–H groups in total. The van der Waals surface area contributed by atoms with Crippen LogP contribution >= 0.6 is 0 Å². The first-order chi connectivity index (χ1) is 16.0. The standard InChI is InChI=1S/C25H28N2O6/c1-2-3-13-32-24(30)19-9-11-21(12-10-19)26-22(28)17-33-25(31)20-14-23(29)27(16-20)15-18-7-5-4-6-8-18/h4-12,20H,2-3,13-17H2,1H3,(H,26,28)/t20-/m1/s1. The van der Waals surface area contributed by atoms with E-state index in [1.165, 1.54) is 0 Å². The van der Waals surface area contributed by atoms with Gasteiger partial charge in [0, 0.05) is 25.2 Å². The molecule has 1 saturated heterocycles. The summed E-state index contributed by atoms with van der Waals surface area (Å²) >= 11 is 0. The highest BCUT2D eigenvalue weighted by Crippen LogP contribution is 2.21. The van der Waals surface area contributed by atoms with Crippen molar-refractivity contribution >= 4 is 29.4 Å². The average molecular weight is 453 g/mol. The molecule has 0 saturated carbocycles. The highest BCUT2D eigenvalue weighted by molar-refractivity contribution is 5.95. The number of unbranched alkanes of at least 4 members (excludes halogenated alkanes) is 1. The van der Waals surface area contributed by atoms with Crippen molar-refractivity contribution in [2.75, 3.05) is 25.1 Å². The van der Waals surface area contributed by atoms with Crippen molar-refractivity contribution in [3.8, 4) is 0 Å². The minimum atomic E-state index is -0.591. The molecule has 0 radical (unpaired) electrons. The Labute approximate surface area is 192 Å². The topological polar surface area (TPSA) is 102 Å². The number of benzene rings is 2. The maximum absolute atomic E-state index is 12.3. The summed E-state index contributed by atoms with van der Waals surface area (Å²) in [5, 5.41) is 2.61. The largest absolute Gasteiger partial charge is 0.462 e. The molecular weight excluding hydrogens is 424 g/mol. The van der Waals surface area contributed by atoms with Crippen LogP contribution in [-0.4, -0.2) is 48.4 Å². The lowest BCUT2D eigenvalue weighted by Crippen LogP contribution is -2.28. The van der Waals surface area contributed by atoms with Crippen LogP contribution in [0.5, 0.6) is 0 Å². The first kappa shape index (κ1) is 24.0. The monoisotopic (exact) mass is 452 g/mol. The van der Waals surface area contributed by atoms with Crippen LogP contribution in [-0.2, 0) is 30.4 Å². The van der Waals surface area contributed by atoms with Crippen LogP contribution in [0.4, 0.5) is 5.69 Å². The van der Waals surface area contributed by atoms with Gasteiger partial charge in [0.25, 0.3) is 5.91 Å². The Hall–Kier alpha value is -3.68. The molecule has 8 heteroatoms. The predicted molar refractivity (Wildman–Crippen MR) is 121 cm³/mol. The number of hydrogen-bond acceptors (Lipinski definition) is 6. The van der Waals surface area contributed by atoms with Gasteiger partial charge in [0.1, 0.15) is 0 Å². The van der Waals surface area contributed by atoms with Crippen molar-refractivity contribution in [1.82, 2.24) is 4.90 Å². The summed E-state index contributed by atoms with van der Waals surface area (Å²) in [6.07, 6.45) is 1.81. The fourth-order valence-corrected chi connectivity index (χ4v) is 3.42. The van der Waals surface area contributed by atoms with Gasteiger partial charge in [-0.25, -0.2) is 4.79 Å². The Morgan fingerprint density at radius 3 is 2.45 bits per heavy atom. The van der Waals surface area contributed by atoms with E-state index in [1.807, 2.05) is 37.3 Å². The number of likely N-dealkylation sites (tertiary alicyclic amines) is 1. The zero-order valence-corrected chi connectivity index (χ0v) is 18.6. The molecule has 0 aromatic heterocycles. The molecule has 1 atom stereocenters. The zero-order valence-electron chi connectivity index (χ0n) is 18.6. The van der Waals surface area contributed by atoms with Crippen molar-refractivity contribution in [1.29, 1.82) is 0 Å². The number of hydrogen-bond donors (Lipinski definition) is 1. The third-order valence-electron chi connectivity index (χ3n) is 5.25. The Kier molecular flexibility index (Phi) is 8.57. The Bertz CT molecular complexity index is 974. The van der Waals surface area contributed by atoms with Crippen LogP contribution in [0.15, 0.2) is 54.6 Å². The summed E-state index contributed by atoms with van der Waals surface area (Å²) in [6, 6.07) is 15.8. The third-order valence-corrected chi connectivity index (χ3v) is 5.25. The van der Waals surface area contributed by atoms with Gasteiger partial charge in [0.05, 0.1) is 18.1 Å². The quantitative estimate of drug-likeness (QED) is 0.439. The Balaban J connectivity index is 1.42. The number of esters is 2. The molecule has 2 aromatic carbocycles. The lowest BCUT2D eigenvalue weighted by atomic mass is 10.1. The summed E-state index contributed by atoms with van der Waals surface area (Å²) in [4.78, 5) is 50.2. The van der Waals surface area contributed by atoms with E-state index >= 15 is 0 Å². The molecule has 1 heterocycles. The van der Waals surface area contributed by atoms with Crippen LogP contribution < -0.4 is 5.32 Å². The van der Waals surface area contributed by atoms with Gasteiger partial charge in [0.2, 0.25) is 5.91 Å². The van der Waals surface area contributed by atoms with Crippen molar-refractivity contribution in [2.24, 2.45) is 5.92 Å². The molecule has 1 fully saturated rings. The van der Waals surface area contributed by atoms with Gasteiger partial charge in [0.15, 0.2) is 6.61 Å². The van der Waals surface area contributed by atoms with E-state index in [9.17, 15) is 19.2 Å². The molecule has 1 aliphatic heterocycles. The lowest BCUT2D eigenvalue weighted by Gasteiger charge is -2.16. The molecule has 3 rings (SSSR count). The maximum Gasteiger partial charge on any atom is 0.338 e. The van der Waals surface area contributed by atoms with Gasteiger partial charge < -0.3 is 19.7 Å². The number of nitrogens with one attached hydrogen (secondary N) is 1. The number of rotatable bonds is 10. The highest BCUT2D eigenvalue weighted by atomic mass is 16.5. The van der Waals surface area contributed by atoms with Gasteiger partial charge in [-0.2, -0.15) is 0 Å². The van der Waals surface area contributed by atoms with Gasteiger partial charge in [-0.3, -0.25) is 14.4 Å². The van der Waals surface area contributed by atoms with E-state index in [1.54, 1.807) is 29.2 Å². The van der Waals surface area contributed by atoms with Crippen molar-refractivity contribution < 1.29 is 28.7 Å². The molecule has 1 aliphatic rings. The summed E-state index contributed by atoms with van der Waals surface area (Å²) in [5.74, 6) is -2.19. The summed E-state index contributed by atoms with van der Waals surface area (Å²) in [7, 11) is 0. The first-order valence-corrected chi connectivity index (χ1v) is 11.0. The summed E-state index contributed by atoms with van der Waals surface area (Å²) in [5.41, 5.74) is 1.84. The molecule has 33 heavy (non-hydrogen) atoms. The number of carbonyl (C=O) groups is 4. The number of amides is 2. The second kappa shape index (κ2) is 11.8. The molecule has 174 valence electrons. The van der Waals surface area contributed by atoms with E-state index < -0.39 is 30.4 Å². The predicted octanol–water partition coefficient (Wildman–Crippen LogP) is 3.17. The second-order valence-corrected chi connectivity index (χ2v) is 7.88. The minimum Gasteiger partial charge on any atom is -0.462 e. The molecule has 8 nitrogen and oxygen atoms in total. The molecular formula is C25H28N2O6. The third kappa shape index (κ3) is 7.17. The Morgan fingerprint density at radius 2 is 1.76 bits per heavy atom.